The maximum Gasteiger partial charge on any atom is 0.314 e. The van der Waals surface area contributed by atoms with Crippen LogP contribution in [0.25, 0.3) is 0 Å². The quantitative estimate of drug-likeness (QED) is 0.758. The second-order valence-corrected chi connectivity index (χ2v) is 5.49. The van der Waals surface area contributed by atoms with Crippen molar-refractivity contribution in [3.63, 3.8) is 0 Å². The van der Waals surface area contributed by atoms with Gasteiger partial charge in [-0.15, -0.1) is 0 Å². The summed E-state index contributed by atoms with van der Waals surface area (Å²) >= 11 is 0. The van der Waals surface area contributed by atoms with Crippen molar-refractivity contribution in [3.8, 4) is 0 Å². The Morgan fingerprint density at radius 3 is 1.83 bits per heavy atom. The van der Waals surface area contributed by atoms with Crippen molar-refractivity contribution in [2.75, 3.05) is 16.0 Å². The molecule has 2 aromatic rings. The number of nitrogens with one attached hydrogen (secondary N) is 3. The van der Waals surface area contributed by atoms with Gasteiger partial charge in [-0.25, -0.2) is 0 Å². The largest absolute Gasteiger partial charge is 0.326 e. The number of anilines is 3. The van der Waals surface area contributed by atoms with Crippen LogP contribution < -0.4 is 16.0 Å². The van der Waals surface area contributed by atoms with Gasteiger partial charge < -0.3 is 16.0 Å². The second-order valence-electron chi connectivity index (χ2n) is 5.49. The Balaban J connectivity index is 1.98. The summed E-state index contributed by atoms with van der Waals surface area (Å²) in [5.41, 5.74) is 3.64. The van der Waals surface area contributed by atoms with Crippen LogP contribution in [-0.4, -0.2) is 17.7 Å². The lowest BCUT2D eigenvalue weighted by atomic mass is 10.1. The van der Waals surface area contributed by atoms with E-state index < -0.39 is 11.8 Å². The van der Waals surface area contributed by atoms with E-state index in [9.17, 15) is 14.4 Å². The van der Waals surface area contributed by atoms with Gasteiger partial charge in [-0.05, 0) is 49.7 Å². The van der Waals surface area contributed by atoms with Crippen LogP contribution >= 0.6 is 0 Å². The molecule has 0 atom stereocenters. The highest BCUT2D eigenvalue weighted by Gasteiger charge is 2.15. The molecule has 24 heavy (non-hydrogen) atoms. The van der Waals surface area contributed by atoms with Gasteiger partial charge in [0.1, 0.15) is 0 Å². The molecule has 0 aliphatic heterocycles. The van der Waals surface area contributed by atoms with Crippen molar-refractivity contribution >= 4 is 34.8 Å². The van der Waals surface area contributed by atoms with Gasteiger partial charge in [-0.1, -0.05) is 17.7 Å². The van der Waals surface area contributed by atoms with Crippen LogP contribution in [0.5, 0.6) is 0 Å². The van der Waals surface area contributed by atoms with Crippen LogP contribution in [0.1, 0.15) is 18.1 Å². The van der Waals surface area contributed by atoms with Crippen molar-refractivity contribution in [2.45, 2.75) is 20.8 Å². The zero-order chi connectivity index (χ0) is 17.7. The third-order valence-corrected chi connectivity index (χ3v) is 3.30. The van der Waals surface area contributed by atoms with Crippen molar-refractivity contribution in [1.29, 1.82) is 0 Å². The van der Waals surface area contributed by atoms with Crippen LogP contribution in [0.2, 0.25) is 0 Å². The van der Waals surface area contributed by atoms with Gasteiger partial charge in [0.25, 0.3) is 0 Å². The minimum atomic E-state index is -0.762. The SMILES string of the molecule is CC(=O)Nc1ccc(NC(=O)C(=O)Nc2ccc(C)cc2C)cc1. The van der Waals surface area contributed by atoms with Crippen LogP contribution in [0.15, 0.2) is 42.5 Å². The second kappa shape index (κ2) is 7.41. The standard InChI is InChI=1S/C18H19N3O3/c1-11-4-9-16(12(2)10-11)21-18(24)17(23)20-15-7-5-14(6-8-15)19-13(3)22/h4-10H,1-3H3,(H,19,22)(H,20,23)(H,21,24). The monoisotopic (exact) mass is 325 g/mol. The summed E-state index contributed by atoms with van der Waals surface area (Å²) in [5.74, 6) is -1.69. The molecule has 0 spiro atoms. The van der Waals surface area contributed by atoms with E-state index in [2.05, 4.69) is 16.0 Å². The predicted molar refractivity (Wildman–Crippen MR) is 93.9 cm³/mol. The zero-order valence-corrected chi connectivity index (χ0v) is 13.8. The summed E-state index contributed by atoms with van der Waals surface area (Å²) < 4.78 is 0. The predicted octanol–water partition coefficient (Wildman–Crippen LogP) is 2.84. The fourth-order valence-electron chi connectivity index (χ4n) is 2.16. The molecule has 0 fully saturated rings. The number of carbonyl (C=O) groups is 3. The van der Waals surface area contributed by atoms with Crippen molar-refractivity contribution in [3.05, 3.63) is 53.6 Å². The summed E-state index contributed by atoms with van der Waals surface area (Å²) in [5, 5.41) is 7.72. The summed E-state index contributed by atoms with van der Waals surface area (Å²) in [6.45, 7) is 5.23. The van der Waals surface area contributed by atoms with E-state index in [4.69, 9.17) is 0 Å². The number of aryl methyl sites for hydroxylation is 2. The molecule has 0 unspecified atom stereocenters. The van der Waals surface area contributed by atoms with E-state index in [1.165, 1.54) is 6.92 Å². The third kappa shape index (κ3) is 4.67. The van der Waals surface area contributed by atoms with Gasteiger partial charge in [0.05, 0.1) is 0 Å². The van der Waals surface area contributed by atoms with Gasteiger partial charge in [-0.2, -0.15) is 0 Å². The Morgan fingerprint density at radius 1 is 0.750 bits per heavy atom. The topological polar surface area (TPSA) is 87.3 Å². The molecule has 0 radical (unpaired) electrons. The van der Waals surface area contributed by atoms with Crippen LogP contribution in [-0.2, 0) is 14.4 Å². The Hall–Kier alpha value is -3.15. The third-order valence-electron chi connectivity index (χ3n) is 3.30. The van der Waals surface area contributed by atoms with E-state index in [1.54, 1.807) is 30.3 Å². The lowest BCUT2D eigenvalue weighted by Gasteiger charge is -2.10. The van der Waals surface area contributed by atoms with Crippen LogP contribution in [0, 0.1) is 13.8 Å². The fourth-order valence-corrected chi connectivity index (χ4v) is 2.16. The molecule has 0 heterocycles. The molecule has 0 saturated carbocycles. The number of hydrogen-bond acceptors (Lipinski definition) is 3. The van der Waals surface area contributed by atoms with Crippen molar-refractivity contribution in [2.24, 2.45) is 0 Å². The van der Waals surface area contributed by atoms with Crippen molar-refractivity contribution in [1.82, 2.24) is 0 Å². The average molecular weight is 325 g/mol. The first-order valence-corrected chi connectivity index (χ1v) is 7.42. The van der Waals surface area contributed by atoms with E-state index in [0.717, 1.165) is 11.1 Å². The summed E-state index contributed by atoms with van der Waals surface area (Å²) in [6.07, 6.45) is 0. The van der Waals surface area contributed by atoms with E-state index in [1.807, 2.05) is 26.0 Å². The molecule has 2 rings (SSSR count). The van der Waals surface area contributed by atoms with Gasteiger partial charge in [0, 0.05) is 24.0 Å². The molecule has 0 saturated heterocycles. The molecule has 2 aromatic carbocycles. The number of benzene rings is 2. The maximum atomic E-state index is 12.0. The number of rotatable bonds is 3. The summed E-state index contributed by atoms with van der Waals surface area (Å²) in [7, 11) is 0. The lowest BCUT2D eigenvalue weighted by Crippen LogP contribution is -2.29. The molecular weight excluding hydrogens is 306 g/mol. The van der Waals surface area contributed by atoms with Crippen LogP contribution in [0.3, 0.4) is 0 Å². The minimum absolute atomic E-state index is 0.181. The molecule has 6 heteroatoms. The minimum Gasteiger partial charge on any atom is -0.326 e. The zero-order valence-electron chi connectivity index (χ0n) is 13.8. The first-order chi connectivity index (χ1) is 11.3. The van der Waals surface area contributed by atoms with E-state index in [-0.39, 0.29) is 5.91 Å². The van der Waals surface area contributed by atoms with Gasteiger partial charge in [0.15, 0.2) is 0 Å². The van der Waals surface area contributed by atoms with Gasteiger partial charge in [-0.3, -0.25) is 14.4 Å². The highest BCUT2D eigenvalue weighted by molar-refractivity contribution is 6.43. The lowest BCUT2D eigenvalue weighted by molar-refractivity contribution is -0.133. The smallest absolute Gasteiger partial charge is 0.314 e. The Kier molecular flexibility index (Phi) is 5.31. The molecule has 0 aliphatic rings. The Bertz CT molecular complexity index is 783. The normalized spacial score (nSPS) is 9.96. The molecule has 3 amide bonds. The maximum absolute atomic E-state index is 12.0. The molecule has 6 nitrogen and oxygen atoms in total. The highest BCUT2D eigenvalue weighted by Crippen LogP contribution is 2.17. The highest BCUT2D eigenvalue weighted by atomic mass is 16.2. The summed E-state index contributed by atoms with van der Waals surface area (Å²) in [6, 6.07) is 12.0. The Labute approximate surface area is 140 Å². The van der Waals surface area contributed by atoms with E-state index >= 15 is 0 Å². The van der Waals surface area contributed by atoms with Crippen molar-refractivity contribution < 1.29 is 14.4 Å². The Morgan fingerprint density at radius 2 is 1.29 bits per heavy atom. The van der Waals surface area contributed by atoms with Gasteiger partial charge in [0.2, 0.25) is 5.91 Å². The van der Waals surface area contributed by atoms with Gasteiger partial charge >= 0.3 is 11.8 Å². The molecule has 124 valence electrons. The fraction of sp³-hybridized carbons (Fsp3) is 0.167. The molecular formula is C18H19N3O3. The molecule has 3 N–H and O–H groups in total. The summed E-state index contributed by atoms with van der Waals surface area (Å²) in [4.78, 5) is 34.9. The number of amides is 3. The number of hydrogen-bond donors (Lipinski definition) is 3. The first kappa shape index (κ1) is 17.2. The number of carbonyl (C=O) groups excluding carboxylic acids is 3. The average Bonchev–Trinajstić information content (AvgIpc) is 2.51. The molecule has 0 aliphatic carbocycles. The van der Waals surface area contributed by atoms with Crippen LogP contribution in [0.4, 0.5) is 17.1 Å². The first-order valence-electron chi connectivity index (χ1n) is 7.42. The molecule has 0 aromatic heterocycles. The van der Waals surface area contributed by atoms with E-state index in [0.29, 0.717) is 17.1 Å². The molecule has 0 bridgehead atoms.